The van der Waals surface area contributed by atoms with Crippen LogP contribution in [0.1, 0.15) is 53.3 Å². The number of nitrogens with zero attached hydrogens (tertiary/aromatic N) is 3. The largest absolute Gasteiger partial charge is 0.444 e. The van der Waals surface area contributed by atoms with Crippen LogP contribution in [0, 0.1) is 5.92 Å². The lowest BCUT2D eigenvalue weighted by Crippen LogP contribution is -2.53. The molecule has 6 heteroatoms. The van der Waals surface area contributed by atoms with Crippen LogP contribution in [0.25, 0.3) is 0 Å². The highest BCUT2D eigenvalue weighted by molar-refractivity contribution is 5.67. The lowest BCUT2D eigenvalue weighted by atomic mass is 9.87. The van der Waals surface area contributed by atoms with Gasteiger partial charge in [-0.25, -0.2) is 14.8 Å². The van der Waals surface area contributed by atoms with Gasteiger partial charge < -0.3 is 10.1 Å². The Hall–Kier alpha value is -1.69. The zero-order valence-electron chi connectivity index (χ0n) is 15.5. The highest BCUT2D eigenvalue weighted by Gasteiger charge is 2.33. The van der Waals surface area contributed by atoms with Gasteiger partial charge in [0.2, 0.25) is 0 Å². The van der Waals surface area contributed by atoms with Crippen molar-refractivity contribution >= 4 is 6.09 Å². The quantitative estimate of drug-likeness (QED) is 0.917. The predicted octanol–water partition coefficient (Wildman–Crippen LogP) is 2.99. The zero-order chi connectivity index (χ0) is 17.7. The van der Waals surface area contributed by atoms with Crippen molar-refractivity contribution in [3.05, 3.63) is 24.3 Å². The molecule has 24 heavy (non-hydrogen) atoms. The molecule has 2 heterocycles. The standard InChI is InChI=1S/C18H30N4O2/c1-13-7-8-15(11-21-17(23)24-18(3,4)5)22(14(13)2)12-16-19-9-6-10-20-16/h6,9-10,13-15H,7-8,11-12H2,1-5H3,(H,21,23). The molecule has 1 N–H and O–H groups in total. The Labute approximate surface area is 145 Å². The molecule has 0 bridgehead atoms. The van der Waals surface area contributed by atoms with Gasteiger partial charge >= 0.3 is 6.09 Å². The lowest BCUT2D eigenvalue weighted by molar-refractivity contribution is 0.0334. The van der Waals surface area contributed by atoms with E-state index in [1.165, 1.54) is 0 Å². The Kier molecular flexibility index (Phi) is 6.15. The van der Waals surface area contributed by atoms with Gasteiger partial charge in [0.05, 0.1) is 6.54 Å². The SMILES string of the molecule is CC1CCC(CNC(=O)OC(C)(C)C)N(Cc2ncccn2)C1C. The number of carbonyl (C=O) groups is 1. The van der Waals surface area contributed by atoms with Gasteiger partial charge in [-0.15, -0.1) is 0 Å². The average Bonchev–Trinajstić information content (AvgIpc) is 2.50. The third kappa shape index (κ3) is 5.44. The molecule has 1 amide bonds. The van der Waals surface area contributed by atoms with Crippen LogP contribution in [-0.2, 0) is 11.3 Å². The van der Waals surface area contributed by atoms with Crippen LogP contribution < -0.4 is 5.32 Å². The van der Waals surface area contributed by atoms with Crippen LogP contribution in [0.5, 0.6) is 0 Å². The monoisotopic (exact) mass is 334 g/mol. The molecule has 1 aromatic heterocycles. The van der Waals surface area contributed by atoms with Crippen LogP contribution >= 0.6 is 0 Å². The normalized spacial score (nSPS) is 25.3. The van der Waals surface area contributed by atoms with Gasteiger partial charge in [0.1, 0.15) is 11.4 Å². The van der Waals surface area contributed by atoms with Gasteiger partial charge in [0, 0.05) is 31.0 Å². The fraction of sp³-hybridized carbons (Fsp3) is 0.722. The molecule has 1 aliphatic heterocycles. The van der Waals surface area contributed by atoms with Crippen molar-refractivity contribution in [2.75, 3.05) is 6.54 Å². The van der Waals surface area contributed by atoms with E-state index in [0.29, 0.717) is 25.0 Å². The molecule has 0 radical (unpaired) electrons. The smallest absolute Gasteiger partial charge is 0.407 e. The number of ether oxygens (including phenoxy) is 1. The van der Waals surface area contributed by atoms with E-state index in [2.05, 4.69) is 34.0 Å². The first-order valence-corrected chi connectivity index (χ1v) is 8.75. The fourth-order valence-electron chi connectivity index (χ4n) is 3.10. The van der Waals surface area contributed by atoms with Crippen molar-refractivity contribution in [1.29, 1.82) is 0 Å². The van der Waals surface area contributed by atoms with Crippen LogP contribution in [-0.4, -0.2) is 45.2 Å². The molecular formula is C18H30N4O2. The summed E-state index contributed by atoms with van der Waals surface area (Å²) >= 11 is 0. The molecule has 1 aliphatic rings. The summed E-state index contributed by atoms with van der Waals surface area (Å²) in [6.07, 6.45) is 5.40. The van der Waals surface area contributed by atoms with Crippen molar-refractivity contribution in [1.82, 2.24) is 20.2 Å². The van der Waals surface area contributed by atoms with Crippen LogP contribution in [0.2, 0.25) is 0 Å². The molecule has 6 nitrogen and oxygen atoms in total. The average molecular weight is 334 g/mol. The molecular weight excluding hydrogens is 304 g/mol. The Morgan fingerprint density at radius 3 is 2.58 bits per heavy atom. The minimum Gasteiger partial charge on any atom is -0.444 e. The van der Waals surface area contributed by atoms with E-state index in [1.54, 1.807) is 12.4 Å². The summed E-state index contributed by atoms with van der Waals surface area (Å²) in [4.78, 5) is 23.0. The maximum atomic E-state index is 11.9. The molecule has 0 saturated carbocycles. The summed E-state index contributed by atoms with van der Waals surface area (Å²) in [6.45, 7) is 11.4. The van der Waals surface area contributed by atoms with Crippen molar-refractivity contribution in [2.24, 2.45) is 5.92 Å². The summed E-state index contributed by atoms with van der Waals surface area (Å²) in [5.41, 5.74) is -0.476. The molecule has 0 aromatic carbocycles. The summed E-state index contributed by atoms with van der Waals surface area (Å²) in [5, 5.41) is 2.92. The van der Waals surface area contributed by atoms with Gasteiger partial charge in [-0.05, 0) is 52.5 Å². The van der Waals surface area contributed by atoms with Gasteiger partial charge in [-0.3, -0.25) is 4.90 Å². The van der Waals surface area contributed by atoms with E-state index < -0.39 is 5.60 Å². The van der Waals surface area contributed by atoms with Gasteiger partial charge in [-0.2, -0.15) is 0 Å². The van der Waals surface area contributed by atoms with Crippen LogP contribution in [0.4, 0.5) is 4.79 Å². The summed E-state index contributed by atoms with van der Waals surface area (Å²) in [6, 6.07) is 2.52. The Morgan fingerprint density at radius 1 is 1.29 bits per heavy atom. The highest BCUT2D eigenvalue weighted by Crippen LogP contribution is 2.28. The first-order valence-electron chi connectivity index (χ1n) is 8.75. The first kappa shape index (κ1) is 18.6. The van der Waals surface area contributed by atoms with E-state index >= 15 is 0 Å². The fourth-order valence-corrected chi connectivity index (χ4v) is 3.10. The summed E-state index contributed by atoms with van der Waals surface area (Å²) in [5.74, 6) is 1.44. The van der Waals surface area contributed by atoms with E-state index in [1.807, 2.05) is 26.8 Å². The molecule has 3 unspecified atom stereocenters. The van der Waals surface area contributed by atoms with Gasteiger partial charge in [-0.1, -0.05) is 6.92 Å². The molecule has 134 valence electrons. The minimum absolute atomic E-state index is 0.271. The van der Waals surface area contributed by atoms with E-state index in [-0.39, 0.29) is 12.1 Å². The number of hydrogen-bond acceptors (Lipinski definition) is 5. The van der Waals surface area contributed by atoms with Crippen LogP contribution in [0.15, 0.2) is 18.5 Å². The first-order chi connectivity index (χ1) is 11.3. The Bertz CT molecular complexity index is 530. The molecule has 1 saturated heterocycles. The zero-order valence-corrected chi connectivity index (χ0v) is 15.5. The van der Waals surface area contributed by atoms with Crippen molar-refractivity contribution in [3.8, 4) is 0 Å². The molecule has 0 spiro atoms. The number of rotatable bonds is 4. The predicted molar refractivity (Wildman–Crippen MR) is 93.5 cm³/mol. The molecule has 1 aromatic rings. The maximum absolute atomic E-state index is 11.9. The number of amides is 1. The van der Waals surface area contributed by atoms with E-state index in [9.17, 15) is 4.79 Å². The number of likely N-dealkylation sites (tertiary alicyclic amines) is 1. The third-order valence-electron chi connectivity index (χ3n) is 4.60. The third-order valence-corrected chi connectivity index (χ3v) is 4.60. The second-order valence-electron chi connectivity index (χ2n) is 7.67. The van der Waals surface area contributed by atoms with Gasteiger partial charge in [0.25, 0.3) is 0 Å². The molecule has 3 atom stereocenters. The second-order valence-corrected chi connectivity index (χ2v) is 7.67. The topological polar surface area (TPSA) is 67.3 Å². The van der Waals surface area contributed by atoms with Gasteiger partial charge in [0.15, 0.2) is 0 Å². The summed E-state index contributed by atoms with van der Waals surface area (Å²) in [7, 11) is 0. The number of nitrogens with one attached hydrogen (secondary N) is 1. The molecule has 2 rings (SSSR count). The maximum Gasteiger partial charge on any atom is 0.407 e. The van der Waals surface area contributed by atoms with Crippen LogP contribution in [0.3, 0.4) is 0 Å². The number of aromatic nitrogens is 2. The second kappa shape index (κ2) is 7.92. The van der Waals surface area contributed by atoms with Crippen molar-refractivity contribution in [3.63, 3.8) is 0 Å². The molecule has 0 aliphatic carbocycles. The number of carbonyl (C=O) groups excluding carboxylic acids is 1. The van der Waals surface area contributed by atoms with Crippen molar-refractivity contribution < 1.29 is 9.53 Å². The number of hydrogen-bond donors (Lipinski definition) is 1. The van der Waals surface area contributed by atoms with E-state index in [0.717, 1.165) is 18.7 Å². The molecule has 1 fully saturated rings. The number of piperidine rings is 1. The minimum atomic E-state index is -0.476. The Morgan fingerprint density at radius 2 is 1.96 bits per heavy atom. The number of alkyl carbamates (subject to hydrolysis) is 1. The van der Waals surface area contributed by atoms with Crippen molar-refractivity contribution in [2.45, 2.75) is 71.7 Å². The Balaban J connectivity index is 1.99. The highest BCUT2D eigenvalue weighted by atomic mass is 16.6. The summed E-state index contributed by atoms with van der Waals surface area (Å²) < 4.78 is 5.34. The lowest BCUT2D eigenvalue weighted by Gasteiger charge is -2.43. The van der Waals surface area contributed by atoms with E-state index in [4.69, 9.17) is 4.74 Å².